The van der Waals surface area contributed by atoms with E-state index in [0.29, 0.717) is 0 Å². The molecule has 3 aromatic carbocycles. The Morgan fingerprint density at radius 3 is 2.03 bits per heavy atom. The predicted molar refractivity (Wildman–Crippen MR) is 134 cm³/mol. The minimum Gasteiger partial charge on any atom is -0.396 e. The van der Waals surface area contributed by atoms with Crippen molar-refractivity contribution in [1.82, 2.24) is 5.32 Å². The van der Waals surface area contributed by atoms with Gasteiger partial charge in [-0.3, -0.25) is 0 Å². The van der Waals surface area contributed by atoms with Gasteiger partial charge in [-0.15, -0.1) is 0 Å². The van der Waals surface area contributed by atoms with Crippen LogP contribution < -0.4 is 10.2 Å². The standard InChI is InChI=1S/C27H29BrN2O/c28-24-12-8-22(9-13-24)27(26(7-4-20-31)21-5-2-1-3-6-21)23-10-14-25(15-11-23)30-18-16-29-17-19-30/h1-3,5-6,8-15,29,31H,4,7,16-20H2/b27-26-. The van der Waals surface area contributed by atoms with Gasteiger partial charge in [-0.05, 0) is 64.9 Å². The van der Waals surface area contributed by atoms with Gasteiger partial charge in [-0.1, -0.05) is 70.5 Å². The Hall–Kier alpha value is -2.40. The van der Waals surface area contributed by atoms with E-state index >= 15 is 0 Å². The van der Waals surface area contributed by atoms with Crippen molar-refractivity contribution in [2.75, 3.05) is 37.7 Å². The highest BCUT2D eigenvalue weighted by atomic mass is 79.9. The molecule has 0 saturated carbocycles. The van der Waals surface area contributed by atoms with Gasteiger partial charge in [0.05, 0.1) is 0 Å². The van der Waals surface area contributed by atoms with Gasteiger partial charge >= 0.3 is 0 Å². The van der Waals surface area contributed by atoms with Gasteiger partial charge in [0.25, 0.3) is 0 Å². The lowest BCUT2D eigenvalue weighted by Gasteiger charge is -2.29. The first-order valence-electron chi connectivity index (χ1n) is 11.0. The van der Waals surface area contributed by atoms with Crippen LogP contribution in [0.1, 0.15) is 29.5 Å². The molecule has 3 nitrogen and oxygen atoms in total. The van der Waals surface area contributed by atoms with Crippen LogP contribution in [0.25, 0.3) is 11.1 Å². The lowest BCUT2D eigenvalue weighted by atomic mass is 9.87. The van der Waals surface area contributed by atoms with Gasteiger partial charge in [0.2, 0.25) is 0 Å². The average molecular weight is 477 g/mol. The van der Waals surface area contributed by atoms with Gasteiger partial charge in [-0.2, -0.15) is 0 Å². The van der Waals surface area contributed by atoms with Crippen molar-refractivity contribution in [3.63, 3.8) is 0 Å². The van der Waals surface area contributed by atoms with Crippen LogP contribution in [0.3, 0.4) is 0 Å². The molecular formula is C27H29BrN2O. The number of hydrogen-bond acceptors (Lipinski definition) is 3. The van der Waals surface area contributed by atoms with Crippen molar-refractivity contribution >= 4 is 32.8 Å². The lowest BCUT2D eigenvalue weighted by molar-refractivity contribution is 0.290. The van der Waals surface area contributed by atoms with E-state index in [4.69, 9.17) is 0 Å². The molecule has 160 valence electrons. The van der Waals surface area contributed by atoms with Gasteiger partial charge in [0.15, 0.2) is 0 Å². The smallest absolute Gasteiger partial charge is 0.0434 e. The number of nitrogens with zero attached hydrogens (tertiary/aromatic N) is 1. The Morgan fingerprint density at radius 1 is 0.806 bits per heavy atom. The third-order valence-corrected chi connectivity index (χ3v) is 6.31. The van der Waals surface area contributed by atoms with Gasteiger partial charge in [0, 0.05) is 42.9 Å². The third kappa shape index (κ3) is 5.45. The molecule has 0 spiro atoms. The van der Waals surface area contributed by atoms with Crippen LogP contribution in [0, 0.1) is 0 Å². The quantitative estimate of drug-likeness (QED) is 0.436. The normalized spacial score (nSPS) is 15.0. The molecule has 1 saturated heterocycles. The monoisotopic (exact) mass is 476 g/mol. The van der Waals surface area contributed by atoms with E-state index in [1.807, 2.05) is 0 Å². The molecule has 1 aliphatic rings. The Kier molecular flexibility index (Phi) is 7.57. The number of allylic oxidation sites excluding steroid dienone is 1. The molecule has 31 heavy (non-hydrogen) atoms. The molecule has 0 unspecified atom stereocenters. The van der Waals surface area contributed by atoms with Gasteiger partial charge in [-0.25, -0.2) is 0 Å². The van der Waals surface area contributed by atoms with Crippen LogP contribution in [0.4, 0.5) is 5.69 Å². The SMILES string of the molecule is OCCC/C(=C(\c1ccc(Br)cc1)c1ccc(N2CCNCC2)cc1)c1ccccc1. The maximum absolute atomic E-state index is 9.56. The number of nitrogens with one attached hydrogen (secondary N) is 1. The van der Waals surface area contributed by atoms with Crippen molar-refractivity contribution in [3.05, 3.63) is 100 Å². The molecule has 4 heteroatoms. The molecule has 0 bridgehead atoms. The molecule has 1 aliphatic heterocycles. The van der Waals surface area contributed by atoms with E-state index in [0.717, 1.165) is 43.5 Å². The van der Waals surface area contributed by atoms with Crippen molar-refractivity contribution in [1.29, 1.82) is 0 Å². The lowest BCUT2D eigenvalue weighted by Crippen LogP contribution is -2.43. The topological polar surface area (TPSA) is 35.5 Å². The highest BCUT2D eigenvalue weighted by Gasteiger charge is 2.16. The van der Waals surface area contributed by atoms with E-state index in [9.17, 15) is 5.11 Å². The zero-order chi connectivity index (χ0) is 21.5. The van der Waals surface area contributed by atoms with Crippen molar-refractivity contribution in [2.24, 2.45) is 0 Å². The summed E-state index contributed by atoms with van der Waals surface area (Å²) in [5.74, 6) is 0. The number of halogens is 1. The number of benzene rings is 3. The molecule has 2 N–H and O–H groups in total. The molecule has 3 aromatic rings. The summed E-state index contributed by atoms with van der Waals surface area (Å²) in [6.07, 6.45) is 1.56. The van der Waals surface area contributed by atoms with Crippen molar-refractivity contribution < 1.29 is 5.11 Å². The second-order valence-electron chi connectivity index (χ2n) is 7.84. The maximum Gasteiger partial charge on any atom is 0.0434 e. The Balaban J connectivity index is 1.81. The molecule has 0 aliphatic carbocycles. The minimum atomic E-state index is 0.186. The Morgan fingerprint density at radius 2 is 1.42 bits per heavy atom. The zero-order valence-electron chi connectivity index (χ0n) is 17.7. The molecule has 1 heterocycles. The highest BCUT2D eigenvalue weighted by Crippen LogP contribution is 2.36. The third-order valence-electron chi connectivity index (χ3n) is 5.78. The summed E-state index contributed by atoms with van der Waals surface area (Å²) in [6.45, 7) is 4.34. The van der Waals surface area contributed by atoms with Crippen LogP contribution in [0.15, 0.2) is 83.3 Å². The van der Waals surface area contributed by atoms with Crippen molar-refractivity contribution in [2.45, 2.75) is 12.8 Å². The minimum absolute atomic E-state index is 0.186. The van der Waals surface area contributed by atoms with Gasteiger partial charge in [0.1, 0.15) is 0 Å². The summed E-state index contributed by atoms with van der Waals surface area (Å²) < 4.78 is 1.07. The van der Waals surface area contributed by atoms with Crippen LogP contribution in [-0.2, 0) is 0 Å². The maximum atomic E-state index is 9.56. The second-order valence-corrected chi connectivity index (χ2v) is 8.75. The highest BCUT2D eigenvalue weighted by molar-refractivity contribution is 9.10. The molecule has 4 rings (SSSR count). The van der Waals surface area contributed by atoms with E-state index in [1.165, 1.54) is 33.5 Å². The van der Waals surface area contributed by atoms with Crippen LogP contribution in [0.2, 0.25) is 0 Å². The largest absolute Gasteiger partial charge is 0.396 e. The van der Waals surface area contributed by atoms with E-state index < -0.39 is 0 Å². The molecule has 0 atom stereocenters. The number of aliphatic hydroxyl groups excluding tert-OH is 1. The summed E-state index contributed by atoms with van der Waals surface area (Å²) >= 11 is 3.57. The fourth-order valence-corrected chi connectivity index (χ4v) is 4.47. The summed E-state index contributed by atoms with van der Waals surface area (Å²) in [6, 6.07) is 28.1. The number of rotatable bonds is 7. The predicted octanol–water partition coefficient (Wildman–Crippen LogP) is 5.59. The first kappa shape index (κ1) is 21.8. The summed E-state index contributed by atoms with van der Waals surface area (Å²) in [5.41, 5.74) is 7.39. The van der Waals surface area contributed by atoms with E-state index in [2.05, 4.69) is 105 Å². The van der Waals surface area contributed by atoms with Crippen molar-refractivity contribution in [3.8, 4) is 0 Å². The van der Waals surface area contributed by atoms with E-state index in [-0.39, 0.29) is 6.61 Å². The molecule has 0 amide bonds. The summed E-state index contributed by atoms with van der Waals surface area (Å²) in [4.78, 5) is 2.44. The molecule has 1 fully saturated rings. The summed E-state index contributed by atoms with van der Waals surface area (Å²) in [5, 5.41) is 13.0. The van der Waals surface area contributed by atoms with E-state index in [1.54, 1.807) is 0 Å². The fraction of sp³-hybridized carbons (Fsp3) is 0.259. The first-order chi connectivity index (χ1) is 15.3. The number of hydrogen-bond donors (Lipinski definition) is 2. The van der Waals surface area contributed by atoms with Crippen LogP contribution in [-0.4, -0.2) is 37.9 Å². The number of anilines is 1. The zero-order valence-corrected chi connectivity index (χ0v) is 19.3. The average Bonchev–Trinajstić information content (AvgIpc) is 2.84. The Labute approximate surface area is 193 Å². The number of aliphatic hydroxyl groups is 1. The Bertz CT molecular complexity index is 992. The molecular weight excluding hydrogens is 448 g/mol. The van der Waals surface area contributed by atoms with Crippen LogP contribution in [0.5, 0.6) is 0 Å². The first-order valence-corrected chi connectivity index (χ1v) is 11.8. The summed E-state index contributed by atoms with van der Waals surface area (Å²) in [7, 11) is 0. The second kappa shape index (κ2) is 10.8. The van der Waals surface area contributed by atoms with Gasteiger partial charge < -0.3 is 15.3 Å². The molecule has 0 aromatic heterocycles. The van der Waals surface area contributed by atoms with Crippen LogP contribution >= 0.6 is 15.9 Å². The molecule has 0 radical (unpaired) electrons. The fourth-order valence-electron chi connectivity index (χ4n) is 4.20. The number of piperazine rings is 1.